The molecule has 0 aliphatic carbocycles. The molecule has 0 amide bonds. The molecule has 2 rings (SSSR count). The lowest BCUT2D eigenvalue weighted by Crippen LogP contribution is -2.03. The first-order valence-corrected chi connectivity index (χ1v) is 7.73. The van der Waals surface area contributed by atoms with Gasteiger partial charge in [-0.3, -0.25) is 4.79 Å². The number of thioether (sulfide) groups is 1. The summed E-state index contributed by atoms with van der Waals surface area (Å²) in [5, 5.41) is 9.53. The number of hydrogen-bond donors (Lipinski definition) is 1. The highest BCUT2D eigenvalue weighted by Gasteiger charge is 2.06. The molecule has 0 spiro atoms. The molecule has 0 fully saturated rings. The molecule has 0 unspecified atom stereocenters. The standard InChI is InChI=1S/C17H18O3S/c1-20-17-11-13(8-10-16(17)19)7-9-14(18)12-21-15-5-3-2-4-6-15/h2-6,8,10-11,19H,7,9,12H2,1H3. The zero-order valence-electron chi connectivity index (χ0n) is 11.9. The largest absolute Gasteiger partial charge is 0.504 e. The van der Waals surface area contributed by atoms with E-state index in [0.29, 0.717) is 24.3 Å². The van der Waals surface area contributed by atoms with Crippen LogP contribution in [-0.2, 0) is 11.2 Å². The summed E-state index contributed by atoms with van der Waals surface area (Å²) < 4.78 is 5.06. The molecule has 0 heterocycles. The van der Waals surface area contributed by atoms with Gasteiger partial charge in [0, 0.05) is 11.3 Å². The third kappa shape index (κ3) is 4.83. The Morgan fingerprint density at radius 1 is 1.19 bits per heavy atom. The minimum absolute atomic E-state index is 0.118. The van der Waals surface area contributed by atoms with Gasteiger partial charge in [-0.15, -0.1) is 11.8 Å². The Morgan fingerprint density at radius 2 is 1.95 bits per heavy atom. The molecule has 0 aliphatic rings. The van der Waals surface area contributed by atoms with Gasteiger partial charge in [0.15, 0.2) is 11.5 Å². The number of Topliss-reactive ketones (excluding diaryl/α,β-unsaturated/α-hetero) is 1. The number of ketones is 1. The SMILES string of the molecule is COc1cc(CCC(=O)CSc2ccccc2)ccc1O. The quantitative estimate of drug-likeness (QED) is 0.792. The molecule has 0 aromatic heterocycles. The van der Waals surface area contributed by atoms with Crippen molar-refractivity contribution >= 4 is 17.5 Å². The van der Waals surface area contributed by atoms with Gasteiger partial charge in [-0.2, -0.15) is 0 Å². The van der Waals surface area contributed by atoms with Crippen LogP contribution in [0.15, 0.2) is 53.4 Å². The monoisotopic (exact) mass is 302 g/mol. The zero-order valence-corrected chi connectivity index (χ0v) is 12.7. The smallest absolute Gasteiger partial charge is 0.160 e. The fourth-order valence-corrected chi connectivity index (χ4v) is 2.74. The van der Waals surface area contributed by atoms with Crippen molar-refractivity contribution in [3.8, 4) is 11.5 Å². The Morgan fingerprint density at radius 3 is 2.67 bits per heavy atom. The lowest BCUT2D eigenvalue weighted by molar-refractivity contribution is -0.116. The Bertz CT molecular complexity index is 596. The van der Waals surface area contributed by atoms with Gasteiger partial charge in [-0.1, -0.05) is 24.3 Å². The van der Waals surface area contributed by atoms with Crippen LogP contribution in [0.25, 0.3) is 0 Å². The van der Waals surface area contributed by atoms with E-state index >= 15 is 0 Å². The lowest BCUT2D eigenvalue weighted by Gasteiger charge is -2.06. The third-order valence-corrected chi connectivity index (χ3v) is 4.15. The van der Waals surface area contributed by atoms with Crippen molar-refractivity contribution in [3.63, 3.8) is 0 Å². The van der Waals surface area contributed by atoms with Gasteiger partial charge >= 0.3 is 0 Å². The van der Waals surface area contributed by atoms with E-state index < -0.39 is 0 Å². The second-order valence-electron chi connectivity index (χ2n) is 4.65. The zero-order chi connectivity index (χ0) is 15.1. The number of carbonyl (C=O) groups is 1. The van der Waals surface area contributed by atoms with Crippen molar-refractivity contribution in [2.45, 2.75) is 17.7 Å². The Hall–Kier alpha value is -1.94. The summed E-state index contributed by atoms with van der Waals surface area (Å²) in [7, 11) is 1.51. The maximum Gasteiger partial charge on any atom is 0.160 e. The third-order valence-electron chi connectivity index (χ3n) is 3.08. The molecule has 21 heavy (non-hydrogen) atoms. The Balaban J connectivity index is 1.81. The summed E-state index contributed by atoms with van der Waals surface area (Å²) in [5.41, 5.74) is 0.989. The number of aryl methyl sites for hydroxylation is 1. The predicted octanol–water partition coefficient (Wildman–Crippen LogP) is 3.69. The van der Waals surface area contributed by atoms with Gasteiger partial charge < -0.3 is 9.84 Å². The summed E-state index contributed by atoms with van der Waals surface area (Å²) in [6, 6.07) is 15.1. The predicted molar refractivity (Wildman–Crippen MR) is 85.2 cm³/mol. The van der Waals surface area contributed by atoms with Crippen LogP contribution in [0.5, 0.6) is 11.5 Å². The van der Waals surface area contributed by atoms with E-state index in [1.165, 1.54) is 7.11 Å². The lowest BCUT2D eigenvalue weighted by atomic mass is 10.1. The maximum atomic E-state index is 11.9. The van der Waals surface area contributed by atoms with Crippen molar-refractivity contribution in [2.24, 2.45) is 0 Å². The first-order chi connectivity index (χ1) is 10.2. The number of methoxy groups -OCH3 is 1. The summed E-state index contributed by atoms with van der Waals surface area (Å²) in [6.07, 6.45) is 1.15. The second kappa shape index (κ2) is 7.74. The summed E-state index contributed by atoms with van der Waals surface area (Å²) in [4.78, 5) is 13.0. The fraction of sp³-hybridized carbons (Fsp3) is 0.235. The molecule has 0 saturated carbocycles. The van der Waals surface area contributed by atoms with Crippen LogP contribution in [0, 0.1) is 0 Å². The van der Waals surface area contributed by atoms with E-state index in [1.54, 1.807) is 23.9 Å². The number of phenolic OH excluding ortho intramolecular Hbond substituents is 1. The molecule has 4 heteroatoms. The Labute approximate surface area is 129 Å². The van der Waals surface area contributed by atoms with Crippen molar-refractivity contribution in [3.05, 3.63) is 54.1 Å². The minimum Gasteiger partial charge on any atom is -0.504 e. The Kier molecular flexibility index (Phi) is 5.69. The molecule has 2 aromatic rings. The number of aromatic hydroxyl groups is 1. The highest BCUT2D eigenvalue weighted by atomic mass is 32.2. The van der Waals surface area contributed by atoms with Crippen molar-refractivity contribution in [1.82, 2.24) is 0 Å². The molecule has 0 atom stereocenters. The van der Waals surface area contributed by atoms with Gasteiger partial charge in [0.25, 0.3) is 0 Å². The molecule has 2 aromatic carbocycles. The maximum absolute atomic E-state index is 11.9. The van der Waals surface area contributed by atoms with Crippen LogP contribution in [0.2, 0.25) is 0 Å². The van der Waals surface area contributed by atoms with Gasteiger partial charge in [0.2, 0.25) is 0 Å². The topological polar surface area (TPSA) is 46.5 Å². The van der Waals surface area contributed by atoms with Gasteiger partial charge in [0.1, 0.15) is 5.78 Å². The molecule has 0 aliphatic heterocycles. The first kappa shape index (κ1) is 15.4. The molecule has 1 N–H and O–H groups in total. The van der Waals surface area contributed by atoms with Crippen molar-refractivity contribution in [1.29, 1.82) is 0 Å². The van der Waals surface area contributed by atoms with Gasteiger partial charge in [-0.25, -0.2) is 0 Å². The normalized spacial score (nSPS) is 10.3. The number of ether oxygens (including phenoxy) is 1. The van der Waals surface area contributed by atoms with Crippen LogP contribution in [0.1, 0.15) is 12.0 Å². The van der Waals surface area contributed by atoms with Crippen LogP contribution in [0.3, 0.4) is 0 Å². The average Bonchev–Trinajstić information content (AvgIpc) is 2.53. The molecular formula is C17H18O3S. The average molecular weight is 302 g/mol. The molecule has 0 saturated heterocycles. The summed E-state index contributed by atoms with van der Waals surface area (Å²) >= 11 is 1.56. The van der Waals surface area contributed by atoms with Gasteiger partial charge in [0.05, 0.1) is 12.9 Å². The fourth-order valence-electron chi connectivity index (χ4n) is 1.91. The van der Waals surface area contributed by atoms with E-state index in [9.17, 15) is 9.90 Å². The number of benzene rings is 2. The van der Waals surface area contributed by atoms with Crippen LogP contribution in [0.4, 0.5) is 0 Å². The van der Waals surface area contributed by atoms with Crippen molar-refractivity contribution in [2.75, 3.05) is 12.9 Å². The molecular weight excluding hydrogens is 284 g/mol. The minimum atomic E-state index is 0.118. The van der Waals surface area contributed by atoms with E-state index in [2.05, 4.69) is 0 Å². The number of hydrogen-bond acceptors (Lipinski definition) is 4. The van der Waals surface area contributed by atoms with E-state index in [-0.39, 0.29) is 11.5 Å². The van der Waals surface area contributed by atoms with Crippen LogP contribution >= 0.6 is 11.8 Å². The molecule has 110 valence electrons. The number of phenols is 1. The molecule has 0 radical (unpaired) electrons. The first-order valence-electron chi connectivity index (χ1n) is 6.74. The summed E-state index contributed by atoms with van der Waals surface area (Å²) in [6.45, 7) is 0. The number of rotatable bonds is 7. The van der Waals surface area contributed by atoms with Crippen molar-refractivity contribution < 1.29 is 14.6 Å². The second-order valence-corrected chi connectivity index (χ2v) is 5.70. The van der Waals surface area contributed by atoms with E-state index in [1.807, 2.05) is 36.4 Å². The summed E-state index contributed by atoms with van der Waals surface area (Å²) in [5.74, 6) is 1.26. The highest BCUT2D eigenvalue weighted by Crippen LogP contribution is 2.27. The van der Waals surface area contributed by atoms with E-state index in [4.69, 9.17) is 4.74 Å². The van der Waals surface area contributed by atoms with Crippen LogP contribution in [-0.4, -0.2) is 23.8 Å². The highest BCUT2D eigenvalue weighted by molar-refractivity contribution is 8.00. The van der Waals surface area contributed by atoms with Gasteiger partial charge in [-0.05, 0) is 36.2 Å². The molecule has 0 bridgehead atoms. The number of carbonyl (C=O) groups excluding carboxylic acids is 1. The van der Waals surface area contributed by atoms with Crippen LogP contribution < -0.4 is 4.74 Å². The van der Waals surface area contributed by atoms with E-state index in [0.717, 1.165) is 10.5 Å². The molecule has 3 nitrogen and oxygen atoms in total.